The molecule has 0 radical (unpaired) electrons. The monoisotopic (exact) mass is 165 g/mol. The normalized spacial score (nSPS) is 10.8. The van der Waals surface area contributed by atoms with Gasteiger partial charge in [-0.25, -0.2) is 13.8 Å². The van der Waals surface area contributed by atoms with Gasteiger partial charge in [0.1, 0.15) is 0 Å². The van der Waals surface area contributed by atoms with Crippen molar-refractivity contribution in [2.24, 2.45) is 0 Å². The van der Waals surface area contributed by atoms with E-state index in [4.69, 9.17) is 5.11 Å². The number of aromatic nitrogens is 1. The summed E-state index contributed by atoms with van der Waals surface area (Å²) in [6.07, 6.45) is -2.58. The number of aromatic hydroxyl groups is 1. The lowest BCUT2D eigenvalue weighted by Crippen LogP contribution is -1.78. The molecule has 0 aromatic carbocycles. The molecule has 2 nitrogen and oxygen atoms in total. The topological polar surface area (TPSA) is 33.1 Å². The molecule has 1 aromatic heterocycles. The van der Waals surface area contributed by atoms with E-state index in [1.54, 1.807) is 6.92 Å². The lowest BCUT2D eigenvalue weighted by atomic mass is 10.6. The third-order valence-corrected chi connectivity index (χ3v) is 1.94. The minimum Gasteiger partial charge on any atom is -0.492 e. The van der Waals surface area contributed by atoms with Gasteiger partial charge < -0.3 is 5.11 Å². The summed E-state index contributed by atoms with van der Waals surface area (Å²) >= 11 is 0.811. The molecular weight excluding hydrogens is 160 g/mol. The predicted molar refractivity (Wildman–Crippen MR) is 33.5 cm³/mol. The summed E-state index contributed by atoms with van der Waals surface area (Å²) in [6, 6.07) is 0. The Hall–Kier alpha value is -0.710. The predicted octanol–water partition coefficient (Wildman–Crippen LogP) is 2.09. The maximum atomic E-state index is 11.8. The standard InChI is InChI=1S/C5H5F2NOS/c1-2-4(9)8-5(10-2)3(6)7/h3,9H,1H3. The van der Waals surface area contributed by atoms with Crippen molar-refractivity contribution in [3.63, 3.8) is 0 Å². The van der Waals surface area contributed by atoms with Crippen LogP contribution in [-0.2, 0) is 0 Å². The average molecular weight is 165 g/mol. The zero-order chi connectivity index (χ0) is 7.72. The number of aryl methyl sites for hydroxylation is 1. The molecule has 1 heterocycles. The van der Waals surface area contributed by atoms with E-state index in [0.717, 1.165) is 11.3 Å². The van der Waals surface area contributed by atoms with E-state index in [2.05, 4.69) is 4.98 Å². The van der Waals surface area contributed by atoms with Gasteiger partial charge in [-0.3, -0.25) is 0 Å². The van der Waals surface area contributed by atoms with E-state index in [-0.39, 0.29) is 10.9 Å². The van der Waals surface area contributed by atoms with Gasteiger partial charge in [-0.05, 0) is 6.92 Å². The van der Waals surface area contributed by atoms with Gasteiger partial charge >= 0.3 is 0 Å². The first-order chi connectivity index (χ1) is 4.61. The summed E-state index contributed by atoms with van der Waals surface area (Å²) in [6.45, 7) is 1.54. The molecule has 0 fully saturated rings. The third-order valence-electron chi connectivity index (χ3n) is 0.975. The van der Waals surface area contributed by atoms with Crippen LogP contribution in [0.25, 0.3) is 0 Å². The molecule has 0 amide bonds. The smallest absolute Gasteiger partial charge is 0.289 e. The highest BCUT2D eigenvalue weighted by molar-refractivity contribution is 7.11. The number of hydrogen-bond acceptors (Lipinski definition) is 3. The van der Waals surface area contributed by atoms with E-state index in [1.165, 1.54) is 0 Å². The maximum absolute atomic E-state index is 11.8. The molecule has 1 aromatic rings. The SMILES string of the molecule is Cc1sc(C(F)F)nc1O. The zero-order valence-corrected chi connectivity index (χ0v) is 5.95. The van der Waals surface area contributed by atoms with Crippen LogP contribution in [0, 0.1) is 6.92 Å². The lowest BCUT2D eigenvalue weighted by molar-refractivity contribution is 0.150. The number of rotatable bonds is 1. The van der Waals surface area contributed by atoms with Gasteiger partial charge in [-0.15, -0.1) is 11.3 Å². The Morgan fingerprint density at radius 2 is 2.20 bits per heavy atom. The van der Waals surface area contributed by atoms with Crippen LogP contribution in [-0.4, -0.2) is 10.1 Å². The van der Waals surface area contributed by atoms with Gasteiger partial charge in [0.2, 0.25) is 5.88 Å². The molecule has 0 aliphatic rings. The molecule has 0 bridgehead atoms. The van der Waals surface area contributed by atoms with Crippen molar-refractivity contribution in [2.45, 2.75) is 13.3 Å². The average Bonchev–Trinajstić information content (AvgIpc) is 2.13. The minimum absolute atomic E-state index is 0.291. The maximum Gasteiger partial charge on any atom is 0.289 e. The zero-order valence-electron chi connectivity index (χ0n) is 5.14. The molecule has 10 heavy (non-hydrogen) atoms. The molecule has 0 saturated heterocycles. The molecule has 0 spiro atoms. The quantitative estimate of drug-likeness (QED) is 0.691. The van der Waals surface area contributed by atoms with Crippen LogP contribution in [0.1, 0.15) is 16.3 Å². The highest BCUT2D eigenvalue weighted by Crippen LogP contribution is 2.29. The summed E-state index contributed by atoms with van der Waals surface area (Å²) in [5.74, 6) is -0.291. The largest absolute Gasteiger partial charge is 0.492 e. The molecule has 5 heteroatoms. The summed E-state index contributed by atoms with van der Waals surface area (Å²) in [7, 11) is 0. The van der Waals surface area contributed by atoms with Crippen molar-refractivity contribution < 1.29 is 13.9 Å². The molecule has 1 rings (SSSR count). The van der Waals surface area contributed by atoms with Crippen LogP contribution < -0.4 is 0 Å². The van der Waals surface area contributed by atoms with E-state index in [0.29, 0.717) is 4.88 Å². The second-order valence-corrected chi connectivity index (χ2v) is 2.97. The Kier molecular flexibility index (Phi) is 1.85. The van der Waals surface area contributed by atoms with Gasteiger partial charge in [0.05, 0.1) is 4.88 Å². The first-order valence-corrected chi connectivity index (χ1v) is 3.37. The number of alkyl halides is 2. The molecule has 0 unspecified atom stereocenters. The molecular formula is C5H5F2NOS. The lowest BCUT2D eigenvalue weighted by Gasteiger charge is -1.86. The van der Waals surface area contributed by atoms with E-state index >= 15 is 0 Å². The minimum atomic E-state index is -2.58. The van der Waals surface area contributed by atoms with Gasteiger partial charge in [-0.2, -0.15) is 0 Å². The van der Waals surface area contributed by atoms with E-state index in [9.17, 15) is 8.78 Å². The fourth-order valence-electron chi connectivity index (χ4n) is 0.502. The molecule has 0 saturated carbocycles. The van der Waals surface area contributed by atoms with E-state index < -0.39 is 6.43 Å². The van der Waals surface area contributed by atoms with Crippen LogP contribution in [0.4, 0.5) is 8.78 Å². The second kappa shape index (κ2) is 2.49. The fourth-order valence-corrected chi connectivity index (χ4v) is 1.17. The van der Waals surface area contributed by atoms with Gasteiger partial charge in [-0.1, -0.05) is 0 Å². The highest BCUT2D eigenvalue weighted by Gasteiger charge is 2.14. The first kappa shape index (κ1) is 7.40. The van der Waals surface area contributed by atoms with Crippen molar-refractivity contribution in [1.82, 2.24) is 4.98 Å². The van der Waals surface area contributed by atoms with Gasteiger partial charge in [0.15, 0.2) is 5.01 Å². The van der Waals surface area contributed by atoms with Crippen LogP contribution in [0.2, 0.25) is 0 Å². The van der Waals surface area contributed by atoms with E-state index in [1.807, 2.05) is 0 Å². The van der Waals surface area contributed by atoms with Crippen molar-refractivity contribution in [3.05, 3.63) is 9.88 Å². The molecule has 56 valence electrons. The molecule has 0 aliphatic carbocycles. The summed E-state index contributed by atoms with van der Waals surface area (Å²) in [5, 5.41) is 8.43. The Morgan fingerprint density at radius 1 is 1.60 bits per heavy atom. The van der Waals surface area contributed by atoms with Crippen LogP contribution >= 0.6 is 11.3 Å². The Labute approximate surface area is 60.1 Å². The fraction of sp³-hybridized carbons (Fsp3) is 0.400. The number of hydrogen-bond donors (Lipinski definition) is 1. The Balaban J connectivity index is 2.98. The number of halogens is 2. The molecule has 0 atom stereocenters. The number of nitrogens with zero attached hydrogens (tertiary/aromatic N) is 1. The number of thiazole rings is 1. The second-order valence-electron chi connectivity index (χ2n) is 1.73. The Bertz CT molecular complexity index is 216. The summed E-state index contributed by atoms with van der Waals surface area (Å²) in [4.78, 5) is 3.66. The van der Waals surface area contributed by atoms with Gasteiger partial charge in [0, 0.05) is 0 Å². The first-order valence-electron chi connectivity index (χ1n) is 2.55. The third kappa shape index (κ3) is 1.23. The van der Waals surface area contributed by atoms with Crippen LogP contribution in [0.15, 0.2) is 0 Å². The van der Waals surface area contributed by atoms with Gasteiger partial charge in [0.25, 0.3) is 6.43 Å². The van der Waals surface area contributed by atoms with Crippen molar-refractivity contribution >= 4 is 11.3 Å². The summed E-state index contributed by atoms with van der Waals surface area (Å²) < 4.78 is 23.6. The molecule has 1 N–H and O–H groups in total. The highest BCUT2D eigenvalue weighted by atomic mass is 32.1. The van der Waals surface area contributed by atoms with Crippen molar-refractivity contribution in [3.8, 4) is 5.88 Å². The molecule has 0 aliphatic heterocycles. The van der Waals surface area contributed by atoms with Crippen LogP contribution in [0.3, 0.4) is 0 Å². The Morgan fingerprint density at radius 3 is 2.40 bits per heavy atom. The van der Waals surface area contributed by atoms with Crippen molar-refractivity contribution in [2.75, 3.05) is 0 Å². The van der Waals surface area contributed by atoms with Crippen molar-refractivity contribution in [1.29, 1.82) is 0 Å². The van der Waals surface area contributed by atoms with Crippen LogP contribution in [0.5, 0.6) is 5.88 Å². The summed E-state index contributed by atoms with van der Waals surface area (Å²) in [5.41, 5.74) is 0.